The quantitative estimate of drug-likeness (QED) is 0.772. The summed E-state index contributed by atoms with van der Waals surface area (Å²) in [4.78, 5) is 36.9. The molecule has 2 aliphatic heterocycles. The monoisotopic (exact) mass is 312 g/mol. The molecule has 124 valence electrons. The maximum Gasteiger partial charge on any atom is 0.305 e. The predicted octanol–water partition coefficient (Wildman–Crippen LogP) is 0.529. The third-order valence-electron chi connectivity index (χ3n) is 4.35. The van der Waals surface area contributed by atoms with Crippen molar-refractivity contribution in [2.75, 3.05) is 26.3 Å². The van der Waals surface area contributed by atoms with E-state index in [1.165, 1.54) is 0 Å². The van der Waals surface area contributed by atoms with Crippen molar-refractivity contribution in [1.29, 1.82) is 0 Å². The van der Waals surface area contributed by atoms with Crippen LogP contribution in [-0.2, 0) is 19.1 Å². The lowest BCUT2D eigenvalue weighted by molar-refractivity contribution is -0.142. The molecule has 2 fully saturated rings. The SMILES string of the molecule is O=C(O)CC1(NC(=O)CN2CCCCCC2=O)CCOCC1. The maximum absolute atomic E-state index is 12.3. The van der Waals surface area contributed by atoms with Crippen LogP contribution in [0.25, 0.3) is 0 Å². The fourth-order valence-electron chi connectivity index (χ4n) is 3.11. The summed E-state index contributed by atoms with van der Waals surface area (Å²) in [6.07, 6.45) is 4.13. The van der Waals surface area contributed by atoms with Gasteiger partial charge < -0.3 is 20.1 Å². The molecule has 0 saturated carbocycles. The minimum atomic E-state index is -0.937. The third kappa shape index (κ3) is 4.69. The van der Waals surface area contributed by atoms with Gasteiger partial charge >= 0.3 is 5.97 Å². The molecule has 2 rings (SSSR count). The van der Waals surface area contributed by atoms with Crippen LogP contribution in [-0.4, -0.2) is 59.6 Å². The summed E-state index contributed by atoms with van der Waals surface area (Å²) in [5.74, 6) is -1.21. The zero-order valence-electron chi connectivity index (χ0n) is 12.8. The number of likely N-dealkylation sites (tertiary alicyclic amines) is 1. The van der Waals surface area contributed by atoms with Crippen LogP contribution >= 0.6 is 0 Å². The Hall–Kier alpha value is -1.63. The lowest BCUT2D eigenvalue weighted by Crippen LogP contribution is -2.55. The highest BCUT2D eigenvalue weighted by Gasteiger charge is 2.36. The van der Waals surface area contributed by atoms with Crippen LogP contribution in [0.2, 0.25) is 0 Å². The van der Waals surface area contributed by atoms with Crippen LogP contribution in [0, 0.1) is 0 Å². The number of ether oxygens (including phenoxy) is 1. The highest BCUT2D eigenvalue weighted by molar-refractivity contribution is 5.85. The number of hydrogen-bond acceptors (Lipinski definition) is 4. The van der Waals surface area contributed by atoms with Gasteiger partial charge in [-0.3, -0.25) is 14.4 Å². The zero-order chi connectivity index (χ0) is 16.0. The van der Waals surface area contributed by atoms with Crippen molar-refractivity contribution in [2.24, 2.45) is 0 Å². The van der Waals surface area contributed by atoms with Crippen molar-refractivity contribution in [3.05, 3.63) is 0 Å². The van der Waals surface area contributed by atoms with Crippen molar-refractivity contribution < 1.29 is 24.2 Å². The van der Waals surface area contributed by atoms with Crippen LogP contribution in [0.1, 0.15) is 44.9 Å². The summed E-state index contributed by atoms with van der Waals surface area (Å²) < 4.78 is 5.26. The molecular formula is C15H24N2O5. The topological polar surface area (TPSA) is 95.9 Å². The highest BCUT2D eigenvalue weighted by atomic mass is 16.5. The third-order valence-corrected chi connectivity index (χ3v) is 4.35. The number of carbonyl (C=O) groups is 3. The van der Waals surface area contributed by atoms with E-state index in [9.17, 15) is 14.4 Å². The largest absolute Gasteiger partial charge is 0.481 e. The number of hydrogen-bond donors (Lipinski definition) is 2. The van der Waals surface area contributed by atoms with E-state index in [-0.39, 0.29) is 24.8 Å². The smallest absolute Gasteiger partial charge is 0.305 e. The van der Waals surface area contributed by atoms with Crippen LogP contribution in [0.4, 0.5) is 0 Å². The first-order valence-corrected chi connectivity index (χ1v) is 7.89. The van der Waals surface area contributed by atoms with Crippen LogP contribution < -0.4 is 5.32 Å². The number of nitrogens with one attached hydrogen (secondary N) is 1. The molecule has 7 nitrogen and oxygen atoms in total. The van der Waals surface area contributed by atoms with E-state index in [2.05, 4.69) is 5.32 Å². The Morgan fingerprint density at radius 3 is 2.64 bits per heavy atom. The van der Waals surface area contributed by atoms with Gasteiger partial charge in [-0.1, -0.05) is 6.42 Å². The number of carboxylic acid groups (broad SMARTS) is 1. The predicted molar refractivity (Wildman–Crippen MR) is 78.2 cm³/mol. The highest BCUT2D eigenvalue weighted by Crippen LogP contribution is 2.24. The molecule has 2 amide bonds. The zero-order valence-corrected chi connectivity index (χ0v) is 12.8. The molecule has 0 aromatic carbocycles. The first-order chi connectivity index (χ1) is 10.5. The average molecular weight is 312 g/mol. The summed E-state index contributed by atoms with van der Waals surface area (Å²) in [5.41, 5.74) is -0.754. The molecule has 0 bridgehead atoms. The van der Waals surface area contributed by atoms with Gasteiger partial charge in [0.1, 0.15) is 0 Å². The molecular weight excluding hydrogens is 288 g/mol. The summed E-state index contributed by atoms with van der Waals surface area (Å²) in [5, 5.41) is 11.9. The molecule has 7 heteroatoms. The van der Waals surface area contributed by atoms with E-state index >= 15 is 0 Å². The fraction of sp³-hybridized carbons (Fsp3) is 0.800. The van der Waals surface area contributed by atoms with E-state index in [1.807, 2.05) is 0 Å². The van der Waals surface area contributed by atoms with Gasteiger partial charge in [-0.05, 0) is 25.7 Å². The van der Waals surface area contributed by atoms with Gasteiger partial charge in [-0.25, -0.2) is 0 Å². The van der Waals surface area contributed by atoms with E-state index in [4.69, 9.17) is 9.84 Å². The molecule has 22 heavy (non-hydrogen) atoms. The van der Waals surface area contributed by atoms with E-state index in [0.29, 0.717) is 39.0 Å². The summed E-state index contributed by atoms with van der Waals surface area (Å²) in [7, 11) is 0. The number of nitrogens with zero attached hydrogens (tertiary/aromatic N) is 1. The lowest BCUT2D eigenvalue weighted by Gasteiger charge is -2.37. The summed E-state index contributed by atoms with van der Waals surface area (Å²) >= 11 is 0. The minimum Gasteiger partial charge on any atom is -0.481 e. The average Bonchev–Trinajstić information content (AvgIpc) is 2.64. The van der Waals surface area contributed by atoms with Crippen molar-refractivity contribution in [2.45, 2.75) is 50.5 Å². The van der Waals surface area contributed by atoms with Crippen molar-refractivity contribution in [3.8, 4) is 0 Å². The van der Waals surface area contributed by atoms with Crippen molar-refractivity contribution in [1.82, 2.24) is 10.2 Å². The normalized spacial score (nSPS) is 22.0. The van der Waals surface area contributed by atoms with Crippen molar-refractivity contribution >= 4 is 17.8 Å². The van der Waals surface area contributed by atoms with Gasteiger partial charge in [-0.2, -0.15) is 0 Å². The molecule has 0 spiro atoms. The number of carboxylic acids is 1. The molecule has 0 unspecified atom stereocenters. The Morgan fingerprint density at radius 2 is 1.95 bits per heavy atom. The summed E-state index contributed by atoms with van der Waals surface area (Å²) in [6.45, 7) is 1.49. The van der Waals surface area contributed by atoms with Gasteiger partial charge in [0.15, 0.2) is 0 Å². The first kappa shape index (κ1) is 16.7. The number of carbonyl (C=O) groups excluding carboxylic acids is 2. The second kappa shape index (κ2) is 7.58. The van der Waals surface area contributed by atoms with Gasteiger partial charge in [-0.15, -0.1) is 0 Å². The molecule has 2 heterocycles. The molecule has 0 radical (unpaired) electrons. The van der Waals surface area contributed by atoms with Gasteiger partial charge in [0, 0.05) is 26.2 Å². The van der Waals surface area contributed by atoms with E-state index in [0.717, 1.165) is 19.3 Å². The molecule has 0 aromatic rings. The number of aliphatic carboxylic acids is 1. The van der Waals surface area contributed by atoms with Crippen molar-refractivity contribution in [3.63, 3.8) is 0 Å². The first-order valence-electron chi connectivity index (χ1n) is 7.89. The second-order valence-corrected chi connectivity index (χ2v) is 6.14. The Bertz CT molecular complexity index is 432. The van der Waals surface area contributed by atoms with Crippen LogP contribution in [0.15, 0.2) is 0 Å². The Balaban J connectivity index is 1.95. The molecule has 0 atom stereocenters. The number of rotatable bonds is 5. The standard InChI is InChI=1S/C15H24N2O5/c18-12(11-17-7-3-1-2-4-13(17)19)16-15(10-14(20)21)5-8-22-9-6-15/h1-11H2,(H,16,18)(H,20,21). The van der Waals surface area contributed by atoms with E-state index in [1.54, 1.807) is 4.90 Å². The van der Waals surface area contributed by atoms with E-state index < -0.39 is 11.5 Å². The second-order valence-electron chi connectivity index (χ2n) is 6.14. The summed E-state index contributed by atoms with van der Waals surface area (Å²) in [6, 6.07) is 0. The van der Waals surface area contributed by atoms with Crippen LogP contribution in [0.5, 0.6) is 0 Å². The lowest BCUT2D eigenvalue weighted by atomic mass is 9.86. The Morgan fingerprint density at radius 1 is 1.23 bits per heavy atom. The van der Waals surface area contributed by atoms with Gasteiger partial charge in [0.05, 0.1) is 18.5 Å². The van der Waals surface area contributed by atoms with Crippen LogP contribution in [0.3, 0.4) is 0 Å². The number of amides is 2. The maximum atomic E-state index is 12.3. The minimum absolute atomic E-state index is 0.00640. The molecule has 2 saturated heterocycles. The molecule has 0 aromatic heterocycles. The van der Waals surface area contributed by atoms with Gasteiger partial charge in [0.2, 0.25) is 11.8 Å². The Labute approximate surface area is 130 Å². The molecule has 0 aliphatic carbocycles. The molecule has 2 aliphatic rings. The Kier molecular flexibility index (Phi) is 5.76. The fourth-order valence-corrected chi connectivity index (χ4v) is 3.11. The molecule has 2 N–H and O–H groups in total. The van der Waals surface area contributed by atoms with Gasteiger partial charge in [0.25, 0.3) is 0 Å².